The Balaban J connectivity index is 2.42. The Morgan fingerprint density at radius 2 is 2.25 bits per heavy atom. The van der Waals surface area contributed by atoms with Gasteiger partial charge < -0.3 is 10.4 Å². The normalized spacial score (nSPS) is 13.7. The molecule has 0 bridgehead atoms. The summed E-state index contributed by atoms with van der Waals surface area (Å²) in [5, 5.41) is 14.5. The van der Waals surface area contributed by atoms with E-state index >= 15 is 0 Å². The Morgan fingerprint density at radius 3 is 2.69 bits per heavy atom. The smallest absolute Gasteiger partial charge is 0.403 e. The Morgan fingerprint density at radius 1 is 1.56 bits per heavy atom. The van der Waals surface area contributed by atoms with Gasteiger partial charge in [0.15, 0.2) is 5.92 Å². The molecular weight excluding hydrogens is 243 g/mol. The Hall–Kier alpha value is -1.08. The quantitative estimate of drug-likeness (QED) is 0.844. The molecule has 1 rings (SSSR count). The molecule has 0 saturated heterocycles. The molecule has 0 amide bonds. The summed E-state index contributed by atoms with van der Waals surface area (Å²) in [6.45, 7) is -0.377. The van der Waals surface area contributed by atoms with Gasteiger partial charge in [-0.25, -0.2) is 0 Å². The fraction of sp³-hybridized carbons (Fsp3) is 0.444. The van der Waals surface area contributed by atoms with Crippen molar-refractivity contribution in [1.82, 2.24) is 5.32 Å². The van der Waals surface area contributed by atoms with Gasteiger partial charge in [0.25, 0.3) is 0 Å². The van der Waals surface area contributed by atoms with Gasteiger partial charge in [-0.3, -0.25) is 4.79 Å². The summed E-state index contributed by atoms with van der Waals surface area (Å²) in [6, 6.07) is 1.76. The highest BCUT2D eigenvalue weighted by molar-refractivity contribution is 7.07. The molecule has 0 radical (unpaired) electrons. The third kappa shape index (κ3) is 3.82. The summed E-state index contributed by atoms with van der Waals surface area (Å²) < 4.78 is 36.7. The molecule has 0 fully saturated rings. The van der Waals surface area contributed by atoms with Crippen molar-refractivity contribution in [3.63, 3.8) is 0 Å². The highest BCUT2D eigenvalue weighted by Crippen LogP contribution is 2.25. The van der Waals surface area contributed by atoms with Crippen LogP contribution in [-0.2, 0) is 11.3 Å². The second-order valence-corrected chi connectivity index (χ2v) is 3.97. The Bertz CT molecular complexity index is 337. The molecule has 0 aliphatic carbocycles. The third-order valence-electron chi connectivity index (χ3n) is 1.95. The van der Waals surface area contributed by atoms with Crippen molar-refractivity contribution in [1.29, 1.82) is 0 Å². The number of rotatable bonds is 5. The molecule has 7 heteroatoms. The van der Waals surface area contributed by atoms with E-state index in [2.05, 4.69) is 5.32 Å². The van der Waals surface area contributed by atoms with Crippen molar-refractivity contribution in [3.8, 4) is 0 Å². The molecule has 3 nitrogen and oxygen atoms in total. The van der Waals surface area contributed by atoms with Crippen LogP contribution in [-0.4, -0.2) is 23.8 Å². The highest BCUT2D eigenvalue weighted by atomic mass is 32.1. The molecule has 0 saturated carbocycles. The van der Waals surface area contributed by atoms with E-state index in [4.69, 9.17) is 5.11 Å². The summed E-state index contributed by atoms with van der Waals surface area (Å²) in [6.07, 6.45) is -4.71. The summed E-state index contributed by atoms with van der Waals surface area (Å²) in [5.74, 6) is -4.21. The predicted octanol–water partition coefficient (Wildman–Crippen LogP) is 2.10. The topological polar surface area (TPSA) is 49.3 Å². The average molecular weight is 253 g/mol. The first-order chi connectivity index (χ1) is 7.41. The molecule has 1 heterocycles. The number of hydrogen-bond acceptors (Lipinski definition) is 3. The molecule has 0 spiro atoms. The molecule has 0 aromatic carbocycles. The van der Waals surface area contributed by atoms with E-state index in [0.29, 0.717) is 0 Å². The minimum atomic E-state index is -4.71. The average Bonchev–Trinajstić information content (AvgIpc) is 2.61. The maximum absolute atomic E-state index is 12.2. The van der Waals surface area contributed by atoms with E-state index in [9.17, 15) is 18.0 Å². The van der Waals surface area contributed by atoms with Crippen LogP contribution >= 0.6 is 11.3 Å². The van der Waals surface area contributed by atoms with Crippen molar-refractivity contribution in [2.75, 3.05) is 6.54 Å². The van der Waals surface area contributed by atoms with Gasteiger partial charge in [0.2, 0.25) is 0 Å². The highest BCUT2D eigenvalue weighted by Gasteiger charge is 2.44. The lowest BCUT2D eigenvalue weighted by atomic mass is 10.1. The molecule has 0 aliphatic rings. The molecule has 1 atom stereocenters. The van der Waals surface area contributed by atoms with Crippen molar-refractivity contribution < 1.29 is 23.1 Å². The fourth-order valence-electron chi connectivity index (χ4n) is 1.10. The van der Waals surface area contributed by atoms with Gasteiger partial charge in [-0.2, -0.15) is 24.5 Å². The second kappa shape index (κ2) is 5.31. The summed E-state index contributed by atoms with van der Waals surface area (Å²) in [7, 11) is 0. The van der Waals surface area contributed by atoms with Gasteiger partial charge in [0, 0.05) is 13.1 Å². The van der Waals surface area contributed by atoms with Crippen molar-refractivity contribution in [3.05, 3.63) is 22.4 Å². The van der Waals surface area contributed by atoms with E-state index in [-0.39, 0.29) is 6.54 Å². The lowest BCUT2D eigenvalue weighted by Gasteiger charge is -2.16. The van der Waals surface area contributed by atoms with E-state index in [1.165, 1.54) is 11.3 Å². The number of aliphatic carboxylic acids is 1. The number of nitrogens with one attached hydrogen (secondary N) is 1. The zero-order chi connectivity index (χ0) is 12.2. The van der Waals surface area contributed by atoms with Crippen LogP contribution in [0.5, 0.6) is 0 Å². The van der Waals surface area contributed by atoms with Crippen molar-refractivity contribution in [2.24, 2.45) is 5.92 Å². The first kappa shape index (κ1) is 13.0. The number of alkyl halides is 3. The molecule has 2 N–H and O–H groups in total. The monoisotopic (exact) mass is 253 g/mol. The van der Waals surface area contributed by atoms with E-state index in [1.54, 1.807) is 16.8 Å². The first-order valence-corrected chi connectivity index (χ1v) is 5.37. The van der Waals surface area contributed by atoms with Crippen LogP contribution in [0, 0.1) is 5.92 Å². The van der Waals surface area contributed by atoms with E-state index < -0.39 is 24.6 Å². The molecule has 90 valence electrons. The van der Waals surface area contributed by atoms with Crippen molar-refractivity contribution >= 4 is 17.3 Å². The molecule has 1 aromatic heterocycles. The number of carbonyl (C=O) groups is 1. The number of halogens is 3. The maximum atomic E-state index is 12.2. The summed E-state index contributed by atoms with van der Waals surface area (Å²) in [4.78, 5) is 10.4. The first-order valence-electron chi connectivity index (χ1n) is 4.42. The molecule has 1 aromatic rings. The third-order valence-corrected chi connectivity index (χ3v) is 2.68. The fourth-order valence-corrected chi connectivity index (χ4v) is 1.77. The minimum absolute atomic E-state index is 0.239. The predicted molar refractivity (Wildman–Crippen MR) is 53.2 cm³/mol. The molecular formula is C9H10F3NO2S. The lowest BCUT2D eigenvalue weighted by Crippen LogP contribution is -2.38. The van der Waals surface area contributed by atoms with E-state index in [0.717, 1.165) is 5.56 Å². The zero-order valence-corrected chi connectivity index (χ0v) is 8.94. The number of carboxylic acids is 1. The van der Waals surface area contributed by atoms with Crippen LogP contribution in [0.15, 0.2) is 16.8 Å². The molecule has 1 unspecified atom stereocenters. The van der Waals surface area contributed by atoms with Gasteiger partial charge in [0.05, 0.1) is 0 Å². The summed E-state index contributed by atoms with van der Waals surface area (Å²) in [5.41, 5.74) is 0.844. The van der Waals surface area contributed by atoms with Gasteiger partial charge >= 0.3 is 12.1 Å². The Labute approximate surface area is 93.9 Å². The lowest BCUT2D eigenvalue weighted by molar-refractivity contribution is -0.192. The molecule has 16 heavy (non-hydrogen) atoms. The number of carboxylic acid groups (broad SMARTS) is 1. The SMILES string of the molecule is O=C(O)C(CNCc1ccsc1)C(F)(F)F. The van der Waals surface area contributed by atoms with Gasteiger partial charge in [-0.15, -0.1) is 0 Å². The van der Waals surface area contributed by atoms with Crippen LogP contribution < -0.4 is 5.32 Å². The maximum Gasteiger partial charge on any atom is 0.403 e. The van der Waals surface area contributed by atoms with Crippen LogP contribution in [0.25, 0.3) is 0 Å². The van der Waals surface area contributed by atoms with Crippen LogP contribution in [0.1, 0.15) is 5.56 Å². The van der Waals surface area contributed by atoms with Crippen LogP contribution in [0.2, 0.25) is 0 Å². The largest absolute Gasteiger partial charge is 0.481 e. The number of thiophene rings is 1. The summed E-state index contributed by atoms with van der Waals surface area (Å²) >= 11 is 1.43. The van der Waals surface area contributed by atoms with Crippen LogP contribution in [0.3, 0.4) is 0 Å². The van der Waals surface area contributed by atoms with E-state index in [1.807, 2.05) is 0 Å². The minimum Gasteiger partial charge on any atom is -0.481 e. The van der Waals surface area contributed by atoms with Gasteiger partial charge in [-0.1, -0.05) is 0 Å². The van der Waals surface area contributed by atoms with Gasteiger partial charge in [-0.05, 0) is 22.4 Å². The zero-order valence-electron chi connectivity index (χ0n) is 8.12. The van der Waals surface area contributed by atoms with Crippen molar-refractivity contribution in [2.45, 2.75) is 12.7 Å². The van der Waals surface area contributed by atoms with Gasteiger partial charge in [0.1, 0.15) is 0 Å². The standard InChI is InChI=1S/C9H10F3NO2S/c10-9(11,12)7(8(14)15)4-13-3-6-1-2-16-5-6/h1-2,5,7,13H,3-4H2,(H,14,15). The molecule has 0 aliphatic heterocycles. The number of hydrogen-bond donors (Lipinski definition) is 2. The second-order valence-electron chi connectivity index (χ2n) is 3.19. The Kier molecular flexibility index (Phi) is 4.31. The van der Waals surface area contributed by atoms with Crippen LogP contribution in [0.4, 0.5) is 13.2 Å².